The first-order chi connectivity index (χ1) is 56.7. The van der Waals surface area contributed by atoms with E-state index in [1.165, 1.54) is 48.2 Å². The molecule has 1 unspecified atom stereocenters. The number of likely N-dealkylation sites (N-methyl/N-ethyl adjacent to an activating group) is 2. The number of benzene rings is 5. The van der Waals surface area contributed by atoms with Gasteiger partial charge in [0, 0.05) is 105 Å². The van der Waals surface area contributed by atoms with Crippen LogP contribution in [0.5, 0.6) is 5.75 Å². The predicted octanol–water partition coefficient (Wildman–Crippen LogP) is 5.28. The zero-order valence-corrected chi connectivity index (χ0v) is 68.0. The highest BCUT2D eigenvalue weighted by Gasteiger charge is 2.48. The summed E-state index contributed by atoms with van der Waals surface area (Å²) in [7, 11) is 2.62. The molecule has 34 nitrogen and oxygen atoms in total. The molecule has 11 amide bonds. The normalized spacial score (nSPS) is 19.2. The van der Waals surface area contributed by atoms with Gasteiger partial charge in [0.1, 0.15) is 42.2 Å². The number of hydrogen-bond donors (Lipinski definition) is 11. The van der Waals surface area contributed by atoms with Gasteiger partial charge in [0.25, 0.3) is 23.6 Å². The summed E-state index contributed by atoms with van der Waals surface area (Å²) in [4.78, 5) is 140. The quantitative estimate of drug-likeness (QED) is 0.0132. The number of ether oxygens (including phenoxy) is 8. The van der Waals surface area contributed by atoms with Gasteiger partial charge in [-0.3, -0.25) is 43.4 Å². The van der Waals surface area contributed by atoms with Gasteiger partial charge in [0.05, 0.1) is 120 Å². The Bertz CT molecular complexity index is 4560. The Balaban J connectivity index is 0.785. The van der Waals surface area contributed by atoms with E-state index in [-0.39, 0.29) is 136 Å². The fraction of sp³-hybridized carbons (Fsp3) is 0.481. The first-order valence-corrected chi connectivity index (χ1v) is 40.5. The van der Waals surface area contributed by atoms with E-state index in [2.05, 4.69) is 21.3 Å². The number of nitrogens with one attached hydrogen (secondary N) is 4. The number of imide groups is 1. The van der Waals surface area contributed by atoms with Crippen molar-refractivity contribution in [2.75, 3.05) is 160 Å². The van der Waals surface area contributed by atoms with E-state index in [9.17, 15) is 69.0 Å². The van der Waals surface area contributed by atoms with Gasteiger partial charge in [-0.05, 0) is 87.5 Å². The van der Waals surface area contributed by atoms with Crippen LogP contribution >= 0.6 is 34.5 Å². The largest absolute Gasteiger partial charge is 0.465 e. The van der Waals surface area contributed by atoms with Crippen molar-refractivity contribution >= 4 is 133 Å². The van der Waals surface area contributed by atoms with Crippen LogP contribution in [0.4, 0.5) is 31.4 Å². The molecule has 6 aromatic rings. The molecule has 4 aliphatic rings. The lowest BCUT2D eigenvalue weighted by Crippen LogP contribution is -2.60. The second-order valence-electron chi connectivity index (χ2n) is 29.0. The molecule has 37 heteroatoms. The van der Waals surface area contributed by atoms with E-state index < -0.39 is 121 Å². The number of halogens is 2. The third-order valence-corrected chi connectivity index (χ3v) is 22.6. The van der Waals surface area contributed by atoms with Crippen molar-refractivity contribution in [2.24, 2.45) is 11.7 Å². The molecular weight excluding hydrogens is 1600 g/mol. The van der Waals surface area contributed by atoms with Gasteiger partial charge in [0.2, 0.25) is 24.0 Å². The van der Waals surface area contributed by atoms with Crippen molar-refractivity contribution < 1.29 is 116 Å². The predicted molar refractivity (Wildman–Crippen MR) is 435 cm³/mol. The number of carboxylic acid groups (broad SMARTS) is 2. The fourth-order valence-electron chi connectivity index (χ4n) is 14.7. The minimum Gasteiger partial charge on any atom is -0.465 e. The van der Waals surface area contributed by atoms with Gasteiger partial charge in [-0.1, -0.05) is 74.5 Å². The number of aliphatic hydroxyl groups is 4. The Hall–Kier alpha value is -9.70. The molecule has 10 rings (SSSR count). The summed E-state index contributed by atoms with van der Waals surface area (Å²) in [6.07, 6.45) is -8.45. The van der Waals surface area contributed by atoms with Crippen molar-refractivity contribution in [3.05, 3.63) is 141 Å². The number of alkyl halides is 2. The van der Waals surface area contributed by atoms with Crippen LogP contribution in [0.2, 0.25) is 0 Å². The fourth-order valence-corrected chi connectivity index (χ4v) is 16.1. The second-order valence-corrected chi connectivity index (χ2v) is 30.7. The number of hydrogen-bond acceptors (Lipinski definition) is 23. The minimum atomic E-state index is -1.80. The molecule has 118 heavy (non-hydrogen) atoms. The molecule has 1 fully saturated rings. The van der Waals surface area contributed by atoms with Crippen LogP contribution in [0.1, 0.15) is 86.5 Å². The molecular formula is C81H100Cl2N10O24S. The van der Waals surface area contributed by atoms with Gasteiger partial charge in [-0.25, -0.2) is 14.4 Å². The molecule has 0 radical (unpaired) electrons. The number of anilines is 3. The monoisotopic (exact) mass is 1700 g/mol. The van der Waals surface area contributed by atoms with E-state index in [1.807, 2.05) is 12.1 Å². The first kappa shape index (κ1) is 90.6. The van der Waals surface area contributed by atoms with E-state index in [0.717, 1.165) is 31.6 Å². The van der Waals surface area contributed by atoms with Crippen molar-refractivity contribution in [1.82, 2.24) is 30.7 Å². The van der Waals surface area contributed by atoms with Crippen LogP contribution in [-0.4, -0.2) is 292 Å². The standard InChI is InChI=1S/C81H100Cl2N10O24S/c1-47(2)69(88-64(95)23-26-110-28-30-112-32-34-114-36-37-115-35-33-113-31-29-111-27-25-91-65(96)21-22-66(91)97)74(102)87-57(14-9-24-85-78(84)105)73(101)86-51-17-15-48(16-18-51)40-81(90(4)80(108)109,46-89(3)79(106)107)56-38-58-67(54-12-7-5-10-52(54)56)49(41-82)43-92(58)75(103)62-19-20-63(118-62)76(104)93-44-50(42-83)68-55-13-8-6-11-53(55)60(39-59(68)93)116-77-72(100)71(99)70(98)61(45-94)117-77/h5-8,10-13,15-22,38-39,47,49-50,57,61,69-72,77,94,98-100H,9,14,23-37,40-46H2,1-4H3,(H,86,101)(H,87,102)(H,88,95)(H,106,107)(H,108,109)(H3,84,85,105)/t49-,50-,57+,61-,69+,70+,71+,72-,77-,81?/m1/s1. The van der Waals surface area contributed by atoms with Gasteiger partial charge in [-0.15, -0.1) is 34.5 Å². The summed E-state index contributed by atoms with van der Waals surface area (Å²) in [6.45, 7) is 5.83. The Labute approximate surface area is 694 Å². The van der Waals surface area contributed by atoms with Gasteiger partial charge >= 0.3 is 18.2 Å². The highest BCUT2D eigenvalue weighted by molar-refractivity contribution is 7.16. The summed E-state index contributed by atoms with van der Waals surface area (Å²) >= 11 is 14.4. The zero-order valence-electron chi connectivity index (χ0n) is 65.6. The van der Waals surface area contributed by atoms with Gasteiger partial charge in [-0.2, -0.15) is 0 Å². The lowest BCUT2D eigenvalue weighted by Gasteiger charge is -2.44. The van der Waals surface area contributed by atoms with Crippen molar-refractivity contribution in [3.8, 4) is 5.75 Å². The number of amides is 11. The minimum absolute atomic E-state index is 0.00163. The zero-order chi connectivity index (χ0) is 84.9. The van der Waals surface area contributed by atoms with Crippen molar-refractivity contribution in [3.63, 3.8) is 0 Å². The van der Waals surface area contributed by atoms with Crippen LogP contribution in [0.25, 0.3) is 21.5 Å². The molecule has 1 aromatic heterocycles. The number of rotatable bonds is 44. The van der Waals surface area contributed by atoms with Crippen LogP contribution in [-0.2, 0) is 69.1 Å². The lowest BCUT2D eigenvalue weighted by molar-refractivity contribution is -0.277. The Morgan fingerprint density at radius 1 is 0.644 bits per heavy atom. The Morgan fingerprint density at radius 3 is 1.68 bits per heavy atom. The molecule has 1 saturated heterocycles. The lowest BCUT2D eigenvalue weighted by atomic mass is 9.78. The van der Waals surface area contributed by atoms with Gasteiger partial charge in [0.15, 0.2) is 0 Å². The number of urea groups is 1. The SMILES string of the molecule is CC(C)[C@H](NC(=O)CCOCCOCCOCCOCCOCCOCCN1C(=O)C=CC1=O)C(=O)N[C@@H](CCCNC(N)=O)C(=O)Nc1ccc(CC(CN(C)C(=O)O)(c2cc3c(c4ccccc24)[C@H](CCl)CN3C(=O)c2ccc(C(=O)N3C[C@@H](CCl)c4c3cc(O[C@@H]3O[C@H](CO)[C@H](O)[C@H](O)[C@H]3O)c3ccccc43)s2)N(C)C(=O)O)cc1. The number of fused-ring (bicyclic) bond motifs is 6. The number of carbonyl (C=O) groups excluding carboxylic acids is 8. The van der Waals surface area contributed by atoms with Crippen LogP contribution in [0.3, 0.4) is 0 Å². The number of primary amides is 1. The highest BCUT2D eigenvalue weighted by atomic mass is 35.5. The van der Waals surface area contributed by atoms with Crippen LogP contribution < -0.4 is 41.5 Å². The maximum atomic E-state index is 15.4. The summed E-state index contributed by atoms with van der Waals surface area (Å²) < 4.78 is 45.0. The molecule has 0 bridgehead atoms. The van der Waals surface area contributed by atoms with Crippen molar-refractivity contribution in [2.45, 2.75) is 99.7 Å². The Kier molecular flexibility index (Phi) is 32.9. The molecule has 10 atom stereocenters. The van der Waals surface area contributed by atoms with Crippen LogP contribution in [0, 0.1) is 5.92 Å². The maximum absolute atomic E-state index is 15.4. The van der Waals surface area contributed by atoms with E-state index in [4.69, 9.17) is 66.8 Å². The molecule has 0 spiro atoms. The Morgan fingerprint density at radius 2 is 1.16 bits per heavy atom. The summed E-state index contributed by atoms with van der Waals surface area (Å²) in [5.41, 5.74) is 6.69. The molecule has 12 N–H and O–H groups in total. The molecule has 4 aliphatic heterocycles. The van der Waals surface area contributed by atoms with E-state index >= 15 is 9.59 Å². The molecule has 0 aliphatic carbocycles. The molecule has 5 aromatic carbocycles. The average molecular weight is 1700 g/mol. The van der Waals surface area contributed by atoms with E-state index in [1.54, 1.807) is 86.6 Å². The summed E-state index contributed by atoms with van der Waals surface area (Å²) in [5, 5.41) is 77.1. The van der Waals surface area contributed by atoms with Crippen molar-refractivity contribution in [1.29, 1.82) is 0 Å². The number of nitrogens with zero attached hydrogens (tertiary/aromatic N) is 5. The molecule has 638 valence electrons. The molecule has 5 heterocycles. The number of thiophene rings is 1. The topological polar surface area (TPSA) is 456 Å². The average Bonchev–Trinajstić information content (AvgIpc) is 1.46. The first-order valence-electron chi connectivity index (χ1n) is 38.6. The third kappa shape index (κ3) is 22.2. The third-order valence-electron chi connectivity index (χ3n) is 20.8. The molecule has 0 saturated carbocycles. The highest BCUT2D eigenvalue weighted by Crippen LogP contribution is 2.50. The number of carbonyl (C=O) groups is 10. The smallest absolute Gasteiger partial charge is 0.407 e. The summed E-state index contributed by atoms with van der Waals surface area (Å²) in [5.74, 6) is -4.63. The van der Waals surface area contributed by atoms with Crippen LogP contribution in [0.15, 0.2) is 109 Å². The van der Waals surface area contributed by atoms with E-state index in [0.29, 0.717) is 95.9 Å². The summed E-state index contributed by atoms with van der Waals surface area (Å²) in [6, 6.07) is 23.9. The maximum Gasteiger partial charge on any atom is 0.407 e. The van der Waals surface area contributed by atoms with Gasteiger partial charge < -0.3 is 110 Å². The second kappa shape index (κ2) is 42.8. The number of aliphatic hydroxyl groups excluding tert-OH is 4. The number of nitrogens with two attached hydrogens (primary N) is 1.